The Kier molecular flexibility index (Phi) is 18.6. The molecule has 0 spiro atoms. The summed E-state index contributed by atoms with van der Waals surface area (Å²) in [5.41, 5.74) is 39.2. The first-order valence-electron chi connectivity index (χ1n) is 46.1. The van der Waals surface area contributed by atoms with E-state index in [2.05, 4.69) is 501 Å². The van der Waals surface area contributed by atoms with Crippen molar-refractivity contribution < 1.29 is 0 Å². The zero-order valence-corrected chi connectivity index (χ0v) is 76.2. The molecule has 0 amide bonds. The van der Waals surface area contributed by atoms with E-state index in [0.29, 0.717) is 0 Å². The van der Waals surface area contributed by atoms with Gasteiger partial charge in [-0.1, -0.05) is 340 Å². The Morgan fingerprint density at radius 3 is 0.879 bits per heavy atom. The number of aryl methyl sites for hydroxylation is 3. The van der Waals surface area contributed by atoms with Gasteiger partial charge in [-0.05, 0) is 292 Å². The fourth-order valence-electron chi connectivity index (χ4n) is 22.8. The lowest BCUT2D eigenvalue weighted by atomic mass is 9.80. The molecule has 0 unspecified atom stereocenters. The van der Waals surface area contributed by atoms with Gasteiger partial charge >= 0.3 is 0 Å². The van der Waals surface area contributed by atoms with Crippen molar-refractivity contribution >= 4 is 165 Å². The van der Waals surface area contributed by atoms with E-state index in [-0.39, 0.29) is 5.41 Å². The highest BCUT2D eigenvalue weighted by Gasteiger charge is 2.37. The number of anilines is 12. The maximum atomic E-state index is 2.47. The van der Waals surface area contributed by atoms with Gasteiger partial charge < -0.3 is 29.4 Å². The van der Waals surface area contributed by atoms with Gasteiger partial charge in [0.25, 0.3) is 0 Å². The van der Waals surface area contributed by atoms with Gasteiger partial charge in [0.1, 0.15) is 0 Å². The van der Waals surface area contributed by atoms with Crippen molar-refractivity contribution in [2.24, 2.45) is 0 Å². The zero-order valence-electron chi connectivity index (χ0n) is 76.2. The van der Waals surface area contributed by atoms with Crippen molar-refractivity contribution in [2.45, 2.75) is 40.0 Å². The normalized spacial score (nSPS) is 13.2. The summed E-state index contributed by atoms with van der Waals surface area (Å²) in [5, 5.41) is 23.1. The molecule has 132 heavy (non-hydrogen) atoms. The second kappa shape index (κ2) is 30.9. The third-order valence-electron chi connectivity index (χ3n) is 29.3. The second-order valence-electron chi connectivity index (χ2n) is 37.1. The second-order valence-corrected chi connectivity index (χ2v) is 37.1. The van der Waals surface area contributed by atoms with Gasteiger partial charge in [0.05, 0.1) is 68.2 Å². The summed E-state index contributed by atoms with van der Waals surface area (Å²) in [6, 6.07) is 146. The standard InChI is InChI=1S/C44H36N2.C43H32N2.C39H30N2/c1-27-18-21-34-35(24-27)43(29-20-23-40-41(26-29)46(5)39-17-11-10-16-38(39)45(40)4)33-14-7-6-13-32(33)42(34)28-19-22-31-30-12-8-9-15-36(30)44(2,3)37(31)25-28;1-27-20-22-35-36(24-27)42(29-21-23-40-41(26-29)45(3)39-19-11-10-18-38(39)44(40)2)33-16-8-9-17-34(33)43(35)37-25-28-12-4-5-13-30(28)31-14-6-7-15-32(31)37;1-25-19-21-32-33(23-25)38(27-20-22-36-37(24-27)41(3)35-18-9-8-17-34(35)40(36)2)30-14-6-7-15-31(30)39(32)29-16-10-12-26-11-4-5-13-28(26)29/h6-26H,1-5H3;4-26H,1-3H3;4-24H,1-3H3. The van der Waals surface area contributed by atoms with Crippen LogP contribution in [0.5, 0.6) is 0 Å². The first-order chi connectivity index (χ1) is 64.5. The molecule has 632 valence electrons. The molecule has 0 atom stereocenters. The number of fused-ring (bicyclic) bond motifs is 19. The molecule has 0 fully saturated rings. The molecular weight excluding hydrogens is 1600 g/mol. The molecule has 3 heterocycles. The van der Waals surface area contributed by atoms with Gasteiger partial charge in [0.15, 0.2) is 0 Å². The number of benzene rings is 22. The van der Waals surface area contributed by atoms with Gasteiger partial charge in [0, 0.05) is 47.7 Å². The molecule has 0 radical (unpaired) electrons. The van der Waals surface area contributed by atoms with Crippen LogP contribution in [0.1, 0.15) is 41.7 Å². The van der Waals surface area contributed by atoms with Gasteiger partial charge in [-0.3, -0.25) is 0 Å². The van der Waals surface area contributed by atoms with Gasteiger partial charge in [-0.2, -0.15) is 0 Å². The van der Waals surface area contributed by atoms with E-state index >= 15 is 0 Å². The quantitative estimate of drug-likeness (QED) is 0.121. The molecule has 4 aliphatic rings. The Balaban J connectivity index is 0.000000109. The Labute approximate surface area is 771 Å². The highest BCUT2D eigenvalue weighted by atomic mass is 15.3. The van der Waals surface area contributed by atoms with E-state index in [4.69, 9.17) is 0 Å². The molecule has 22 aromatic carbocycles. The third kappa shape index (κ3) is 12.4. The maximum absolute atomic E-state index is 2.47. The summed E-state index contributed by atoms with van der Waals surface area (Å²) in [6.45, 7) is 11.3. The lowest BCUT2D eigenvalue weighted by Gasteiger charge is -2.36. The molecule has 0 saturated carbocycles. The molecule has 26 rings (SSSR count). The number of nitrogens with zero attached hydrogens (tertiary/aromatic N) is 6. The highest BCUT2D eigenvalue weighted by Crippen LogP contribution is 2.58. The van der Waals surface area contributed by atoms with Gasteiger partial charge in [0.2, 0.25) is 0 Å². The monoisotopic (exact) mass is 1690 g/mol. The van der Waals surface area contributed by atoms with Crippen LogP contribution >= 0.6 is 0 Å². The Morgan fingerprint density at radius 1 is 0.159 bits per heavy atom. The van der Waals surface area contributed by atoms with E-state index in [1.54, 1.807) is 0 Å². The molecular formula is C126H98N6. The topological polar surface area (TPSA) is 19.4 Å². The predicted molar refractivity (Wildman–Crippen MR) is 569 cm³/mol. The number of hydrogen-bond acceptors (Lipinski definition) is 6. The number of hydrogen-bond donors (Lipinski definition) is 0. The van der Waals surface area contributed by atoms with Crippen LogP contribution in [0.25, 0.3) is 175 Å². The van der Waals surface area contributed by atoms with Crippen LogP contribution in [0.4, 0.5) is 68.2 Å². The lowest BCUT2D eigenvalue weighted by Crippen LogP contribution is -2.24. The number of rotatable bonds is 6. The fourth-order valence-corrected chi connectivity index (χ4v) is 22.8. The molecule has 0 bridgehead atoms. The summed E-state index contributed by atoms with van der Waals surface area (Å²) in [5.74, 6) is 0. The fraction of sp³-hybridized carbons (Fsp3) is 0.0952. The molecule has 0 saturated heterocycles. The molecule has 0 aromatic heterocycles. The van der Waals surface area contributed by atoms with E-state index in [1.807, 2.05) is 0 Å². The van der Waals surface area contributed by atoms with Crippen molar-refractivity contribution in [1.29, 1.82) is 0 Å². The Bertz CT molecular complexity index is 8620. The molecule has 6 heteroatoms. The van der Waals surface area contributed by atoms with Crippen molar-refractivity contribution in [3.8, 4) is 77.9 Å². The van der Waals surface area contributed by atoms with E-state index in [9.17, 15) is 0 Å². The molecule has 3 aliphatic heterocycles. The van der Waals surface area contributed by atoms with E-state index < -0.39 is 0 Å². The molecule has 6 nitrogen and oxygen atoms in total. The summed E-state index contributed by atoms with van der Waals surface area (Å²) in [7, 11) is 13.1. The summed E-state index contributed by atoms with van der Waals surface area (Å²) < 4.78 is 0. The zero-order chi connectivity index (χ0) is 89.2. The minimum absolute atomic E-state index is 0.0506. The first kappa shape index (κ1) is 79.4. The maximum Gasteiger partial charge on any atom is 0.0656 e. The summed E-state index contributed by atoms with van der Waals surface area (Å²) >= 11 is 0. The first-order valence-corrected chi connectivity index (χ1v) is 46.1. The SMILES string of the molecule is Cc1ccc2c(-c3cc4ccccc4c4ccccc34)c3ccccc3c(-c3ccc4c(c3)N(C)c3ccccc3N4C)c2c1.Cc1ccc2c(-c3ccc4c(c3)C(C)(C)c3ccccc3-4)c3ccccc3c(-c3ccc4c(c3)N(C)c3ccccc3N4C)c2c1.Cc1ccc2c(-c3cccc4ccccc34)c3ccccc3c(-c3ccc4c(c3)N(C)c3ccccc3N4C)c2c1. The van der Waals surface area contributed by atoms with Crippen LogP contribution in [0, 0.1) is 20.8 Å². The summed E-state index contributed by atoms with van der Waals surface area (Å²) in [6.07, 6.45) is 0. The van der Waals surface area contributed by atoms with Crippen molar-refractivity contribution in [2.75, 3.05) is 71.7 Å². The van der Waals surface area contributed by atoms with Crippen LogP contribution in [-0.2, 0) is 5.41 Å². The van der Waals surface area contributed by atoms with Crippen LogP contribution in [-0.4, -0.2) is 42.3 Å². The van der Waals surface area contributed by atoms with Gasteiger partial charge in [-0.15, -0.1) is 0 Å². The van der Waals surface area contributed by atoms with E-state index in [1.165, 1.54) is 271 Å². The van der Waals surface area contributed by atoms with E-state index in [0.717, 1.165) is 0 Å². The van der Waals surface area contributed by atoms with Crippen molar-refractivity contribution in [1.82, 2.24) is 0 Å². The van der Waals surface area contributed by atoms with Crippen LogP contribution in [0.15, 0.2) is 394 Å². The minimum Gasteiger partial charge on any atom is -0.341 e. The summed E-state index contributed by atoms with van der Waals surface area (Å²) in [4.78, 5) is 13.9. The third-order valence-corrected chi connectivity index (χ3v) is 29.3. The average molecular weight is 1700 g/mol. The smallest absolute Gasteiger partial charge is 0.0656 e. The highest BCUT2D eigenvalue weighted by molar-refractivity contribution is 6.28. The van der Waals surface area contributed by atoms with Crippen LogP contribution in [0.3, 0.4) is 0 Å². The van der Waals surface area contributed by atoms with Crippen LogP contribution in [0.2, 0.25) is 0 Å². The van der Waals surface area contributed by atoms with Crippen molar-refractivity contribution in [3.63, 3.8) is 0 Å². The Hall–Kier alpha value is -16.0. The molecule has 22 aromatic rings. The van der Waals surface area contributed by atoms with Crippen molar-refractivity contribution in [3.05, 3.63) is 422 Å². The van der Waals surface area contributed by atoms with Gasteiger partial charge in [-0.25, -0.2) is 0 Å². The average Bonchev–Trinajstić information content (AvgIpc) is 0.791. The molecule has 1 aliphatic carbocycles. The lowest BCUT2D eigenvalue weighted by molar-refractivity contribution is 0.660. The largest absolute Gasteiger partial charge is 0.341 e. The Morgan fingerprint density at radius 2 is 0.439 bits per heavy atom. The predicted octanol–water partition coefficient (Wildman–Crippen LogP) is 34.2. The number of para-hydroxylation sites is 6. The van der Waals surface area contributed by atoms with Crippen LogP contribution < -0.4 is 29.4 Å². The molecule has 0 N–H and O–H groups in total. The minimum atomic E-state index is -0.0506.